The first-order valence-electron chi connectivity index (χ1n) is 11.1. The number of nitrogens with two attached hydrogens (primary N) is 1. The van der Waals surface area contributed by atoms with Crippen LogP contribution in [0.5, 0.6) is 5.75 Å². The number of hydrogen-bond donors (Lipinski definition) is 2. The Morgan fingerprint density at radius 2 is 1.76 bits per heavy atom. The van der Waals surface area contributed by atoms with Crippen LogP contribution in [0.25, 0.3) is 0 Å². The largest absolute Gasteiger partial charge is 0.414 e. The van der Waals surface area contributed by atoms with Gasteiger partial charge in [0.1, 0.15) is 11.8 Å². The minimum atomic E-state index is -3.85. The second-order valence-corrected chi connectivity index (χ2v) is 10.8. The third-order valence-electron chi connectivity index (χ3n) is 5.64. The summed E-state index contributed by atoms with van der Waals surface area (Å²) in [7, 11) is -0.645. The van der Waals surface area contributed by atoms with Crippen molar-refractivity contribution in [3.8, 4) is 5.75 Å². The van der Waals surface area contributed by atoms with Crippen molar-refractivity contribution in [2.24, 2.45) is 5.73 Å². The average molecular weight is 489 g/mol. The van der Waals surface area contributed by atoms with Crippen molar-refractivity contribution in [1.29, 1.82) is 0 Å². The van der Waals surface area contributed by atoms with Crippen LogP contribution in [0.2, 0.25) is 0 Å². The lowest BCUT2D eigenvalue weighted by Gasteiger charge is -2.25. The molecule has 0 bridgehead atoms. The number of benzene rings is 2. The van der Waals surface area contributed by atoms with Gasteiger partial charge in [0.2, 0.25) is 15.9 Å². The third kappa shape index (κ3) is 6.13. The Balaban J connectivity index is 1.64. The van der Waals surface area contributed by atoms with Crippen LogP contribution in [0.1, 0.15) is 24.5 Å². The maximum atomic E-state index is 13.2. The van der Waals surface area contributed by atoms with Crippen molar-refractivity contribution < 1.29 is 22.7 Å². The highest BCUT2D eigenvalue weighted by molar-refractivity contribution is 7.89. The van der Waals surface area contributed by atoms with E-state index in [-0.39, 0.29) is 29.8 Å². The van der Waals surface area contributed by atoms with Gasteiger partial charge in [-0.1, -0.05) is 29.8 Å². The average Bonchev–Trinajstić information content (AvgIpc) is 3.18. The molecule has 0 spiro atoms. The lowest BCUT2D eigenvalue weighted by molar-refractivity contribution is -0.124. The van der Waals surface area contributed by atoms with E-state index in [1.807, 2.05) is 26.0 Å². The van der Waals surface area contributed by atoms with Crippen molar-refractivity contribution >= 4 is 22.0 Å². The summed E-state index contributed by atoms with van der Waals surface area (Å²) in [5, 5.41) is 2.92. The molecule has 0 aliphatic carbocycles. The summed E-state index contributed by atoms with van der Waals surface area (Å²) in [6.07, 6.45) is 0.320. The number of carbonyl (C=O) groups is 2. The van der Waals surface area contributed by atoms with Crippen LogP contribution >= 0.6 is 0 Å². The second kappa shape index (κ2) is 10.5. The third-order valence-corrected chi connectivity index (χ3v) is 7.53. The molecule has 0 radical (unpaired) electrons. The van der Waals surface area contributed by atoms with E-state index in [0.29, 0.717) is 12.2 Å². The molecule has 184 valence electrons. The molecule has 2 aromatic carbocycles. The highest BCUT2D eigenvalue weighted by Gasteiger charge is 2.43. The summed E-state index contributed by atoms with van der Waals surface area (Å²) >= 11 is 0. The Morgan fingerprint density at radius 3 is 2.35 bits per heavy atom. The van der Waals surface area contributed by atoms with Crippen molar-refractivity contribution in [2.45, 2.75) is 49.7 Å². The van der Waals surface area contributed by atoms with Gasteiger partial charge in [-0.05, 0) is 56.5 Å². The van der Waals surface area contributed by atoms with Crippen LogP contribution in [0.3, 0.4) is 0 Å². The molecular formula is C24H32N4O5S. The number of rotatable bonds is 7. The van der Waals surface area contributed by atoms with Crippen LogP contribution in [0.15, 0.2) is 53.4 Å². The van der Waals surface area contributed by atoms with Gasteiger partial charge in [-0.15, -0.1) is 0 Å². The van der Waals surface area contributed by atoms with E-state index in [4.69, 9.17) is 10.5 Å². The summed E-state index contributed by atoms with van der Waals surface area (Å²) in [5.74, 6) is 0.0590. The normalized spacial score (nSPS) is 19.4. The lowest BCUT2D eigenvalue weighted by atomic mass is 10.1. The minimum Gasteiger partial charge on any atom is -0.410 e. The molecule has 2 amide bonds. The fourth-order valence-electron chi connectivity index (χ4n) is 3.82. The van der Waals surface area contributed by atoms with Gasteiger partial charge in [-0.25, -0.2) is 13.2 Å². The number of aryl methyl sites for hydroxylation is 1. The van der Waals surface area contributed by atoms with E-state index in [1.165, 1.54) is 9.21 Å². The van der Waals surface area contributed by atoms with Crippen LogP contribution < -0.4 is 15.8 Å². The molecule has 1 saturated heterocycles. The number of ether oxygens (including phenoxy) is 1. The Labute approximate surface area is 200 Å². The first-order valence-corrected chi connectivity index (χ1v) is 12.5. The number of nitrogens with one attached hydrogen (secondary N) is 1. The highest BCUT2D eigenvalue weighted by atomic mass is 32.2. The van der Waals surface area contributed by atoms with Crippen LogP contribution in [-0.4, -0.2) is 68.4 Å². The van der Waals surface area contributed by atoms with E-state index < -0.39 is 28.2 Å². The molecular weight excluding hydrogens is 456 g/mol. The molecule has 10 heteroatoms. The van der Waals surface area contributed by atoms with E-state index in [2.05, 4.69) is 5.32 Å². The molecule has 1 heterocycles. The maximum Gasteiger partial charge on any atom is 0.414 e. The standard InChI is InChI=1S/C24H32N4O5S/c1-16-5-11-21(12-6-16)34(31,32)28-15-19(25)14-22(28)23(29)26-17(2)13-18-7-9-20(10-8-18)33-24(30)27(3)4/h5-12,17,19,22H,13-15,25H2,1-4H3,(H,26,29). The van der Waals surface area contributed by atoms with E-state index in [1.54, 1.807) is 50.5 Å². The molecule has 3 rings (SSSR count). The molecule has 0 saturated carbocycles. The van der Waals surface area contributed by atoms with Gasteiger partial charge in [0, 0.05) is 32.7 Å². The number of sulfonamides is 1. The lowest BCUT2D eigenvalue weighted by Crippen LogP contribution is -2.48. The van der Waals surface area contributed by atoms with Crippen molar-refractivity contribution in [3.63, 3.8) is 0 Å². The molecule has 3 N–H and O–H groups in total. The fraction of sp³-hybridized carbons (Fsp3) is 0.417. The summed E-state index contributed by atoms with van der Waals surface area (Å²) in [4.78, 5) is 26.2. The number of carbonyl (C=O) groups excluding carboxylic acids is 2. The predicted molar refractivity (Wildman–Crippen MR) is 129 cm³/mol. The van der Waals surface area contributed by atoms with E-state index in [0.717, 1.165) is 11.1 Å². The molecule has 3 unspecified atom stereocenters. The first-order chi connectivity index (χ1) is 16.0. The molecule has 1 fully saturated rings. The first kappa shape index (κ1) is 25.7. The van der Waals surface area contributed by atoms with Crippen LogP contribution in [0.4, 0.5) is 4.79 Å². The van der Waals surface area contributed by atoms with Gasteiger partial charge < -0.3 is 20.7 Å². The summed E-state index contributed by atoms with van der Waals surface area (Å²) in [6, 6.07) is 12.1. The number of amides is 2. The topological polar surface area (TPSA) is 122 Å². The summed E-state index contributed by atoms with van der Waals surface area (Å²) in [5.41, 5.74) is 7.93. The zero-order valence-corrected chi connectivity index (χ0v) is 20.7. The zero-order chi connectivity index (χ0) is 25.0. The molecule has 3 atom stereocenters. The Hall–Kier alpha value is -2.95. The van der Waals surface area contributed by atoms with Crippen molar-refractivity contribution in [2.75, 3.05) is 20.6 Å². The van der Waals surface area contributed by atoms with Gasteiger partial charge in [-0.2, -0.15) is 4.31 Å². The van der Waals surface area contributed by atoms with Crippen LogP contribution in [0, 0.1) is 6.92 Å². The van der Waals surface area contributed by atoms with Crippen molar-refractivity contribution in [3.05, 3.63) is 59.7 Å². The van der Waals surface area contributed by atoms with Crippen molar-refractivity contribution in [1.82, 2.24) is 14.5 Å². The molecule has 2 aromatic rings. The molecule has 1 aliphatic heterocycles. The Bertz CT molecular complexity index is 1120. The summed E-state index contributed by atoms with van der Waals surface area (Å²) < 4.78 is 32.8. The number of nitrogens with zero attached hydrogens (tertiary/aromatic N) is 2. The van der Waals surface area contributed by atoms with E-state index in [9.17, 15) is 18.0 Å². The minimum absolute atomic E-state index is 0.0931. The van der Waals surface area contributed by atoms with Gasteiger partial charge in [-0.3, -0.25) is 4.79 Å². The quantitative estimate of drug-likeness (QED) is 0.614. The molecule has 0 aromatic heterocycles. The monoisotopic (exact) mass is 488 g/mol. The van der Waals surface area contributed by atoms with Gasteiger partial charge in [0.15, 0.2) is 0 Å². The molecule has 9 nitrogen and oxygen atoms in total. The second-order valence-electron chi connectivity index (χ2n) is 8.92. The smallest absolute Gasteiger partial charge is 0.410 e. The Kier molecular flexibility index (Phi) is 7.96. The molecule has 34 heavy (non-hydrogen) atoms. The SMILES string of the molecule is Cc1ccc(S(=O)(=O)N2CC(N)CC2C(=O)NC(C)Cc2ccc(OC(=O)N(C)C)cc2)cc1. The Morgan fingerprint density at radius 1 is 1.15 bits per heavy atom. The van der Waals surface area contributed by atoms with Crippen LogP contribution in [-0.2, 0) is 21.2 Å². The highest BCUT2D eigenvalue weighted by Crippen LogP contribution is 2.26. The molecule has 1 aliphatic rings. The van der Waals surface area contributed by atoms with Gasteiger partial charge in [0.05, 0.1) is 4.90 Å². The van der Waals surface area contributed by atoms with Gasteiger partial charge in [0.25, 0.3) is 0 Å². The van der Waals surface area contributed by atoms with E-state index >= 15 is 0 Å². The zero-order valence-electron chi connectivity index (χ0n) is 19.9. The summed E-state index contributed by atoms with van der Waals surface area (Å²) in [6.45, 7) is 3.82. The maximum absolute atomic E-state index is 13.2. The number of hydrogen-bond acceptors (Lipinski definition) is 6. The van der Waals surface area contributed by atoms with Gasteiger partial charge >= 0.3 is 6.09 Å². The predicted octanol–water partition coefficient (Wildman–Crippen LogP) is 1.89. The fourth-order valence-corrected chi connectivity index (χ4v) is 5.47.